The molecule has 7 nitrogen and oxygen atoms in total. The van der Waals surface area contributed by atoms with Gasteiger partial charge in [0.15, 0.2) is 0 Å². The summed E-state index contributed by atoms with van der Waals surface area (Å²) in [6, 6.07) is 13.3. The van der Waals surface area contributed by atoms with Crippen LogP contribution in [-0.2, 0) is 23.8 Å². The van der Waals surface area contributed by atoms with Gasteiger partial charge in [-0.05, 0) is 26.0 Å². The molecule has 0 aromatic heterocycles. The minimum Gasteiger partial charge on any atom is -0.463 e. The number of carbonyl (C=O) groups is 2. The topological polar surface area (TPSA) is 107 Å². The number of Topliss-reactive ketones (excluding diaryl/α,β-unsaturated/α-hetero) is 1. The van der Waals surface area contributed by atoms with Gasteiger partial charge in [0.05, 0.1) is 11.5 Å². The maximum Gasteiger partial charge on any atom is 0.348 e. The molecule has 0 bridgehead atoms. The number of aliphatic hydroxyl groups is 1. The van der Waals surface area contributed by atoms with E-state index < -0.39 is 34.1 Å². The van der Waals surface area contributed by atoms with Crippen LogP contribution < -0.4 is 0 Å². The van der Waals surface area contributed by atoms with E-state index in [-0.39, 0.29) is 17.1 Å². The normalized spacial score (nSPS) is 13.6. The van der Waals surface area contributed by atoms with Crippen LogP contribution in [-0.4, -0.2) is 44.1 Å². The molecule has 0 heterocycles. The average molecular weight is 392 g/mol. The van der Waals surface area contributed by atoms with Crippen molar-refractivity contribution in [3.63, 3.8) is 0 Å². The SMILES string of the molecule is CCOC(=O)C(O)(COS(=O)(=O)c1ccc(C)cc1)C(=O)c1ccccc1. The van der Waals surface area contributed by atoms with E-state index in [1.807, 2.05) is 0 Å². The molecule has 1 N–H and O–H groups in total. The fourth-order valence-corrected chi connectivity index (χ4v) is 3.16. The third kappa shape index (κ3) is 4.79. The molecule has 1 unspecified atom stereocenters. The van der Waals surface area contributed by atoms with Crippen molar-refractivity contribution in [2.24, 2.45) is 0 Å². The van der Waals surface area contributed by atoms with E-state index in [1.165, 1.54) is 31.2 Å². The fraction of sp³-hybridized carbons (Fsp3) is 0.263. The van der Waals surface area contributed by atoms with Gasteiger partial charge in [0, 0.05) is 5.56 Å². The molecule has 144 valence electrons. The number of benzene rings is 2. The number of ether oxygens (including phenoxy) is 1. The molecule has 0 radical (unpaired) electrons. The zero-order valence-corrected chi connectivity index (χ0v) is 15.7. The highest BCUT2D eigenvalue weighted by molar-refractivity contribution is 7.86. The second-order valence-electron chi connectivity index (χ2n) is 5.81. The first-order chi connectivity index (χ1) is 12.7. The molecule has 2 aromatic rings. The van der Waals surface area contributed by atoms with Gasteiger partial charge in [-0.2, -0.15) is 8.42 Å². The van der Waals surface area contributed by atoms with Crippen LogP contribution in [0.15, 0.2) is 59.5 Å². The average Bonchev–Trinajstić information content (AvgIpc) is 2.67. The molecule has 0 aliphatic rings. The van der Waals surface area contributed by atoms with Crippen molar-refractivity contribution in [3.8, 4) is 0 Å². The molecule has 2 rings (SSSR count). The molecule has 0 spiro atoms. The van der Waals surface area contributed by atoms with Crippen molar-refractivity contribution < 1.29 is 32.0 Å². The van der Waals surface area contributed by atoms with Crippen LogP contribution in [0, 0.1) is 6.92 Å². The van der Waals surface area contributed by atoms with E-state index in [4.69, 9.17) is 8.92 Å². The molecular weight excluding hydrogens is 372 g/mol. The first-order valence-corrected chi connectivity index (χ1v) is 9.57. The number of carbonyl (C=O) groups excluding carboxylic acids is 2. The highest BCUT2D eigenvalue weighted by Crippen LogP contribution is 2.20. The first-order valence-electron chi connectivity index (χ1n) is 8.16. The van der Waals surface area contributed by atoms with Crippen molar-refractivity contribution in [2.45, 2.75) is 24.3 Å². The number of rotatable bonds is 8. The van der Waals surface area contributed by atoms with Crippen LogP contribution in [0.2, 0.25) is 0 Å². The van der Waals surface area contributed by atoms with Gasteiger partial charge in [-0.15, -0.1) is 0 Å². The minimum absolute atomic E-state index is 0.0180. The summed E-state index contributed by atoms with van der Waals surface area (Å²) >= 11 is 0. The highest BCUT2D eigenvalue weighted by Gasteiger charge is 2.47. The molecule has 8 heteroatoms. The second kappa shape index (κ2) is 8.43. The molecule has 1 atom stereocenters. The number of ketones is 1. The largest absolute Gasteiger partial charge is 0.463 e. The Hall–Kier alpha value is -2.55. The van der Waals surface area contributed by atoms with Gasteiger partial charge < -0.3 is 9.84 Å². The summed E-state index contributed by atoms with van der Waals surface area (Å²) in [5.41, 5.74) is -1.93. The predicted molar refractivity (Wildman–Crippen MR) is 96.7 cm³/mol. The Bertz CT molecular complexity index is 905. The van der Waals surface area contributed by atoms with Crippen molar-refractivity contribution in [1.82, 2.24) is 0 Å². The smallest absolute Gasteiger partial charge is 0.348 e. The van der Waals surface area contributed by atoms with Crippen LogP contribution >= 0.6 is 0 Å². The Balaban J connectivity index is 2.31. The number of hydrogen-bond acceptors (Lipinski definition) is 7. The Morgan fingerprint density at radius 2 is 1.63 bits per heavy atom. The Kier molecular flexibility index (Phi) is 6.48. The summed E-state index contributed by atoms with van der Waals surface area (Å²) in [6.45, 7) is 2.08. The van der Waals surface area contributed by atoms with Crippen molar-refractivity contribution in [1.29, 1.82) is 0 Å². The monoisotopic (exact) mass is 392 g/mol. The predicted octanol–water partition coefficient (Wildman–Crippen LogP) is 1.88. The van der Waals surface area contributed by atoms with E-state index >= 15 is 0 Å². The van der Waals surface area contributed by atoms with E-state index in [0.717, 1.165) is 5.56 Å². The molecule has 0 saturated carbocycles. The zero-order chi connectivity index (χ0) is 20.1. The molecule has 0 saturated heterocycles. The van der Waals surface area contributed by atoms with Crippen LogP contribution in [0.4, 0.5) is 0 Å². The van der Waals surface area contributed by atoms with Gasteiger partial charge >= 0.3 is 5.97 Å². The van der Waals surface area contributed by atoms with E-state index in [1.54, 1.807) is 37.3 Å². The third-order valence-corrected chi connectivity index (χ3v) is 5.04. The molecule has 0 fully saturated rings. The summed E-state index contributed by atoms with van der Waals surface area (Å²) < 4.78 is 34.2. The Morgan fingerprint density at radius 1 is 1.04 bits per heavy atom. The molecular formula is C19H20O7S. The lowest BCUT2D eigenvalue weighted by molar-refractivity contribution is -0.162. The standard InChI is InChI=1S/C19H20O7S/c1-3-25-18(21)19(22,17(20)15-7-5-4-6-8-15)13-26-27(23,24)16-11-9-14(2)10-12-16/h4-12,22H,3,13H2,1-2H3. The summed E-state index contributed by atoms with van der Waals surface area (Å²) in [7, 11) is -4.29. The molecule has 0 amide bonds. The fourth-order valence-electron chi connectivity index (χ4n) is 2.23. The molecule has 27 heavy (non-hydrogen) atoms. The quantitative estimate of drug-likeness (QED) is 0.316. The van der Waals surface area contributed by atoms with Crippen LogP contribution in [0.1, 0.15) is 22.8 Å². The minimum atomic E-state index is -4.29. The maximum absolute atomic E-state index is 12.7. The number of aryl methyl sites for hydroxylation is 1. The molecule has 2 aromatic carbocycles. The van der Waals surface area contributed by atoms with E-state index in [0.29, 0.717) is 0 Å². The van der Waals surface area contributed by atoms with Gasteiger partial charge in [0.25, 0.3) is 10.1 Å². The number of hydrogen-bond donors (Lipinski definition) is 1. The summed E-state index contributed by atoms with van der Waals surface area (Å²) in [6.07, 6.45) is 0. The van der Waals surface area contributed by atoms with Gasteiger partial charge in [-0.3, -0.25) is 8.98 Å². The lowest BCUT2D eigenvalue weighted by Gasteiger charge is -2.24. The lowest BCUT2D eigenvalue weighted by atomic mass is 9.94. The van der Waals surface area contributed by atoms with E-state index in [2.05, 4.69) is 0 Å². The van der Waals surface area contributed by atoms with Gasteiger partial charge in [0.2, 0.25) is 11.4 Å². The van der Waals surface area contributed by atoms with E-state index in [9.17, 15) is 23.1 Å². The molecule has 0 aliphatic heterocycles. The van der Waals surface area contributed by atoms with Crippen molar-refractivity contribution >= 4 is 21.9 Å². The van der Waals surface area contributed by atoms with Crippen LogP contribution in [0.5, 0.6) is 0 Å². The first kappa shape index (κ1) is 20.8. The lowest BCUT2D eigenvalue weighted by Crippen LogP contribution is -2.52. The molecule has 0 aliphatic carbocycles. The van der Waals surface area contributed by atoms with Crippen LogP contribution in [0.3, 0.4) is 0 Å². The van der Waals surface area contributed by atoms with Crippen molar-refractivity contribution in [2.75, 3.05) is 13.2 Å². The van der Waals surface area contributed by atoms with Gasteiger partial charge in [0.1, 0.15) is 6.61 Å². The third-order valence-electron chi connectivity index (χ3n) is 3.76. The summed E-state index contributed by atoms with van der Waals surface area (Å²) in [5.74, 6) is -2.29. The summed E-state index contributed by atoms with van der Waals surface area (Å²) in [4.78, 5) is 24.7. The Morgan fingerprint density at radius 3 is 2.19 bits per heavy atom. The zero-order valence-electron chi connectivity index (χ0n) is 14.9. The van der Waals surface area contributed by atoms with Crippen LogP contribution in [0.25, 0.3) is 0 Å². The van der Waals surface area contributed by atoms with Gasteiger partial charge in [-0.1, -0.05) is 48.0 Å². The highest BCUT2D eigenvalue weighted by atomic mass is 32.2. The number of esters is 1. The summed E-state index contributed by atoms with van der Waals surface area (Å²) in [5, 5.41) is 10.7. The maximum atomic E-state index is 12.7. The second-order valence-corrected chi connectivity index (χ2v) is 7.42. The Labute approximate surface area is 157 Å². The van der Waals surface area contributed by atoms with Gasteiger partial charge in [-0.25, -0.2) is 4.79 Å². The van der Waals surface area contributed by atoms with Crippen molar-refractivity contribution in [3.05, 3.63) is 65.7 Å².